The number of hydrogen-bond acceptors (Lipinski definition) is 3. The van der Waals surface area contributed by atoms with Crippen LogP contribution in [0.15, 0.2) is 168 Å². The Balaban J connectivity index is 0.000000303. The fourth-order valence-corrected chi connectivity index (χ4v) is 9.73. The summed E-state index contributed by atoms with van der Waals surface area (Å²) < 4.78 is 46.0. The minimum absolute atomic E-state index is 0. The van der Waals surface area contributed by atoms with Gasteiger partial charge in [-0.15, -0.1) is 48.0 Å². The number of para-hydroxylation sites is 2. The van der Waals surface area contributed by atoms with Gasteiger partial charge < -0.3 is 14.0 Å². The molecule has 0 bridgehead atoms. The summed E-state index contributed by atoms with van der Waals surface area (Å²) in [6.07, 6.45) is -2.74. The van der Waals surface area contributed by atoms with Gasteiger partial charge >= 0.3 is 6.18 Å². The number of hydrogen-bond donors (Lipinski definition) is 0. The molecule has 0 N–H and O–H groups in total. The van der Waals surface area contributed by atoms with E-state index in [0.717, 1.165) is 62.1 Å². The molecule has 0 aliphatic heterocycles. The van der Waals surface area contributed by atoms with Gasteiger partial charge in [-0.05, 0) is 92.9 Å². The van der Waals surface area contributed by atoms with Crippen molar-refractivity contribution in [3.05, 3.63) is 193 Å². The first kappa shape index (κ1) is 47.1. The number of rotatable bonds is 8. The smallest absolute Gasteiger partial charge is 0.381 e. The van der Waals surface area contributed by atoms with Crippen LogP contribution in [0.3, 0.4) is 0 Å². The second-order valence-electron chi connectivity index (χ2n) is 18.4. The average Bonchev–Trinajstić information content (AvgIpc) is 3.90. The first-order chi connectivity index (χ1) is 31.7. The summed E-state index contributed by atoms with van der Waals surface area (Å²) in [7, 11) is -1.40. The molecule has 0 amide bonds. The summed E-state index contributed by atoms with van der Waals surface area (Å²) in [6.45, 7) is 16.4. The molecule has 0 fully saturated rings. The van der Waals surface area contributed by atoms with Crippen LogP contribution in [-0.4, -0.2) is 22.6 Å². The van der Waals surface area contributed by atoms with Crippen LogP contribution < -0.4 is 5.19 Å². The van der Waals surface area contributed by atoms with Gasteiger partial charge in [-0.1, -0.05) is 154 Å². The average molecular weight is 1080 g/mol. The Morgan fingerprint density at radius 1 is 0.642 bits per heavy atom. The Hall–Kier alpha value is -6.38. The monoisotopic (exact) mass is 1080 g/mol. The van der Waals surface area contributed by atoms with Gasteiger partial charge in [0, 0.05) is 37.4 Å². The van der Waals surface area contributed by atoms with E-state index in [1.165, 1.54) is 44.8 Å². The molecule has 9 heteroatoms. The molecule has 67 heavy (non-hydrogen) atoms. The van der Waals surface area contributed by atoms with E-state index in [0.29, 0.717) is 11.3 Å². The molecule has 0 aliphatic carbocycles. The SMILES string of the molecule is CC(C)c1cc(-c2ccc([Si](C)(C)C)cc2)cc(C(C)C)c1-n1c(-c2[c-]ccc3c2oc2cc(-c4ccccc4)ccc23)nc2ccccc21.FC(F)(F)c1c[c-]c(-c2ccccn2)cc1.[Ir]. The third kappa shape index (κ3) is 9.60. The molecule has 339 valence electrons. The van der Waals surface area contributed by atoms with Gasteiger partial charge in [0.1, 0.15) is 5.58 Å². The van der Waals surface area contributed by atoms with Crippen LogP contribution in [0.25, 0.3) is 83.6 Å². The molecule has 0 unspecified atom stereocenters. The Labute approximate surface area is 404 Å². The summed E-state index contributed by atoms with van der Waals surface area (Å²) >= 11 is 0. The van der Waals surface area contributed by atoms with E-state index in [1.807, 2.05) is 12.1 Å². The maximum Gasteiger partial charge on any atom is 0.381 e. The number of fused-ring (bicyclic) bond motifs is 4. The van der Waals surface area contributed by atoms with Gasteiger partial charge in [0.15, 0.2) is 0 Å². The van der Waals surface area contributed by atoms with Crippen molar-refractivity contribution < 1.29 is 37.7 Å². The van der Waals surface area contributed by atoms with E-state index in [-0.39, 0.29) is 31.9 Å². The maximum absolute atomic E-state index is 12.3. The van der Waals surface area contributed by atoms with Crippen molar-refractivity contribution in [3.8, 4) is 50.6 Å². The van der Waals surface area contributed by atoms with Crippen molar-refractivity contribution in [2.45, 2.75) is 65.3 Å². The van der Waals surface area contributed by atoms with E-state index >= 15 is 0 Å². The standard InChI is InChI=1S/C46H43N2OSi.C12H7F3N.Ir/c1-29(2)39-26-34(32-20-23-35(24-21-32)50(5,6)7)27-40(30(3)4)44(39)48-42-19-12-11-18-41(42)47-46(48)38-17-13-16-37-36-25-22-33(28-43(36)49-45(37)38)31-14-9-8-10-15-31;13-12(14,15)10-6-4-9(5-7-10)11-3-1-2-8-16-11;/h8-16,18-30H,1-7H3;1-4,6-8H;/q2*-1;. The van der Waals surface area contributed by atoms with Crippen LogP contribution in [0.4, 0.5) is 13.2 Å². The zero-order valence-electron chi connectivity index (χ0n) is 38.5. The number of furan rings is 1. The third-order valence-corrected chi connectivity index (χ3v) is 14.2. The quantitative estimate of drug-likeness (QED) is 0.112. The number of imidazole rings is 1. The Kier molecular flexibility index (Phi) is 13.4. The first-order valence-electron chi connectivity index (χ1n) is 22.4. The van der Waals surface area contributed by atoms with Crippen molar-refractivity contribution in [3.63, 3.8) is 0 Å². The topological polar surface area (TPSA) is 43.9 Å². The second kappa shape index (κ2) is 19.1. The molecule has 3 heterocycles. The fourth-order valence-electron chi connectivity index (χ4n) is 8.57. The molecular formula is C58H50F3IrN3OSi-2. The summed E-state index contributed by atoms with van der Waals surface area (Å²) in [5, 5.41) is 3.64. The van der Waals surface area contributed by atoms with Crippen molar-refractivity contribution in [2.24, 2.45) is 0 Å². The van der Waals surface area contributed by atoms with Crippen molar-refractivity contribution >= 4 is 46.2 Å². The summed E-state index contributed by atoms with van der Waals surface area (Å²) in [4.78, 5) is 9.36. The minimum atomic E-state index is -4.32. The van der Waals surface area contributed by atoms with Gasteiger partial charge in [0.25, 0.3) is 0 Å². The van der Waals surface area contributed by atoms with Crippen LogP contribution in [0.1, 0.15) is 56.2 Å². The predicted octanol–water partition coefficient (Wildman–Crippen LogP) is 16.1. The molecule has 7 aromatic carbocycles. The van der Waals surface area contributed by atoms with E-state index in [9.17, 15) is 13.2 Å². The normalized spacial score (nSPS) is 11.9. The number of benzene rings is 7. The van der Waals surface area contributed by atoms with Gasteiger partial charge in [-0.2, -0.15) is 13.2 Å². The summed E-state index contributed by atoms with van der Waals surface area (Å²) in [6, 6.07) is 58.4. The number of alkyl halides is 3. The molecule has 3 aromatic heterocycles. The van der Waals surface area contributed by atoms with E-state index < -0.39 is 19.8 Å². The molecule has 0 spiro atoms. The van der Waals surface area contributed by atoms with Gasteiger partial charge in [-0.25, -0.2) is 0 Å². The number of halogens is 3. The predicted molar refractivity (Wildman–Crippen MR) is 268 cm³/mol. The Morgan fingerprint density at radius 2 is 1.30 bits per heavy atom. The summed E-state index contributed by atoms with van der Waals surface area (Å²) in [5.74, 6) is 1.40. The largest absolute Gasteiger partial charge is 0.501 e. The van der Waals surface area contributed by atoms with Crippen LogP contribution in [0.5, 0.6) is 0 Å². The van der Waals surface area contributed by atoms with Crippen LogP contribution in [0, 0.1) is 12.1 Å². The molecule has 0 aliphatic rings. The summed E-state index contributed by atoms with van der Waals surface area (Å²) in [5.41, 5.74) is 13.6. The maximum atomic E-state index is 12.3. The van der Waals surface area contributed by atoms with E-state index in [1.54, 1.807) is 24.4 Å². The Bertz CT molecular complexity index is 3290. The molecule has 1 radical (unpaired) electrons. The third-order valence-electron chi connectivity index (χ3n) is 12.1. The van der Waals surface area contributed by atoms with Crippen LogP contribution in [0.2, 0.25) is 19.6 Å². The Morgan fingerprint density at radius 3 is 1.93 bits per heavy atom. The minimum Gasteiger partial charge on any atom is -0.501 e. The number of nitrogens with zero attached hydrogens (tertiary/aromatic N) is 3. The van der Waals surface area contributed by atoms with Gasteiger partial charge in [0.05, 0.1) is 30.5 Å². The molecule has 10 aromatic rings. The van der Waals surface area contributed by atoms with Gasteiger partial charge in [0.2, 0.25) is 0 Å². The van der Waals surface area contributed by atoms with Crippen molar-refractivity contribution in [1.82, 2.24) is 14.5 Å². The zero-order chi connectivity index (χ0) is 46.3. The first-order valence-corrected chi connectivity index (χ1v) is 25.9. The van der Waals surface area contributed by atoms with Crippen LogP contribution >= 0.6 is 0 Å². The number of pyridine rings is 1. The molecule has 10 rings (SSSR count). The molecular weight excluding hydrogens is 1030 g/mol. The fraction of sp³-hybridized carbons (Fsp3) is 0.172. The van der Waals surface area contributed by atoms with Crippen LogP contribution in [-0.2, 0) is 26.3 Å². The molecule has 4 nitrogen and oxygen atoms in total. The zero-order valence-corrected chi connectivity index (χ0v) is 41.9. The van der Waals surface area contributed by atoms with Gasteiger partial charge in [-0.3, -0.25) is 4.98 Å². The second-order valence-corrected chi connectivity index (χ2v) is 23.5. The molecule has 0 atom stereocenters. The van der Waals surface area contributed by atoms with E-state index in [4.69, 9.17) is 9.40 Å². The van der Waals surface area contributed by atoms with E-state index in [2.05, 4.69) is 178 Å². The van der Waals surface area contributed by atoms with Crippen molar-refractivity contribution in [2.75, 3.05) is 0 Å². The molecule has 0 saturated carbocycles. The number of aromatic nitrogens is 3. The van der Waals surface area contributed by atoms with Crippen molar-refractivity contribution in [1.29, 1.82) is 0 Å². The molecule has 0 saturated heterocycles.